The second-order valence-electron chi connectivity index (χ2n) is 28.7. The molecule has 4 aliphatic carbocycles. The van der Waals surface area contributed by atoms with Gasteiger partial charge < -0.3 is 0 Å². The highest BCUT2D eigenvalue weighted by molar-refractivity contribution is 6.07. The first-order valence-electron chi connectivity index (χ1n) is 37.0. The highest BCUT2D eigenvalue weighted by Gasteiger charge is 2.53. The minimum atomic E-state index is -0.590. The third kappa shape index (κ3) is 9.27. The third-order valence-electron chi connectivity index (χ3n) is 23.0. The van der Waals surface area contributed by atoms with Gasteiger partial charge in [0.1, 0.15) is 0 Å². The molecular formula is C102H62N6. The summed E-state index contributed by atoms with van der Waals surface area (Å²) in [6, 6.07) is 136. The predicted molar refractivity (Wildman–Crippen MR) is 438 cm³/mol. The van der Waals surface area contributed by atoms with Gasteiger partial charge in [-0.25, -0.2) is 29.9 Å². The largest absolute Gasteiger partial charge is 0.228 e. The Morgan fingerprint density at radius 3 is 0.787 bits per heavy atom. The molecule has 108 heavy (non-hydrogen) atoms. The van der Waals surface area contributed by atoms with Gasteiger partial charge in [-0.15, -0.1) is 0 Å². The molecule has 6 nitrogen and oxygen atoms in total. The van der Waals surface area contributed by atoms with Crippen molar-refractivity contribution in [2.75, 3.05) is 0 Å². The second-order valence-corrected chi connectivity index (χ2v) is 28.7. The molecule has 500 valence electrons. The molecule has 0 radical (unpaired) electrons. The van der Waals surface area contributed by atoms with E-state index in [9.17, 15) is 0 Å². The van der Waals surface area contributed by atoms with Crippen LogP contribution in [0.5, 0.6) is 0 Å². The quantitative estimate of drug-likeness (QED) is 0.136. The maximum atomic E-state index is 5.92. The fourth-order valence-electron chi connectivity index (χ4n) is 18.2. The van der Waals surface area contributed by atoms with Crippen LogP contribution in [0, 0.1) is 0 Å². The standard InChI is InChI=1S/C102H62N6/c1-5-25-63(26-6-1)92-61-93(64-27-7-2-8-28-64)104-98(103-92)68-47-45-67(46-48-68)96-83-58-73(71-53-55-80-78-37-17-23-43-88(78)101(90(80)59-71)84-39-19-13-33-74(84)75-34-14-20-40-85(75)101)57-82(72-54-56-81-79-38-18-24-44-89(79)102(91(81)60-72)86-41-21-15-35-76(86)77-36-16-22-42-87(77)102)97(83)108-100(107-96)70-51-49-69(50-52-70)99-105-94(65-29-9-3-10-30-65)62-95(106-99)66-31-11-4-12-32-66/h1-62H. The Bertz CT molecular complexity index is 6470. The van der Waals surface area contributed by atoms with E-state index >= 15 is 0 Å². The van der Waals surface area contributed by atoms with Crippen LogP contribution in [-0.2, 0) is 10.8 Å². The Labute approximate surface area is 625 Å². The maximum Gasteiger partial charge on any atom is 0.160 e. The molecule has 0 saturated carbocycles. The molecule has 0 fully saturated rings. The van der Waals surface area contributed by atoms with Crippen molar-refractivity contribution in [1.29, 1.82) is 0 Å². The van der Waals surface area contributed by atoms with Gasteiger partial charge in [0.25, 0.3) is 0 Å². The van der Waals surface area contributed by atoms with Crippen LogP contribution in [0.2, 0.25) is 0 Å². The number of fused-ring (bicyclic) bond motifs is 21. The van der Waals surface area contributed by atoms with E-state index in [2.05, 4.69) is 352 Å². The Hall–Kier alpha value is -14.2. The summed E-state index contributed by atoms with van der Waals surface area (Å²) in [7, 11) is 0. The second kappa shape index (κ2) is 24.2. The molecule has 0 atom stereocenters. The molecule has 0 bridgehead atoms. The molecule has 0 unspecified atom stereocenters. The zero-order chi connectivity index (χ0) is 71.0. The summed E-state index contributed by atoms with van der Waals surface area (Å²) in [5, 5.41) is 0.911. The minimum Gasteiger partial charge on any atom is -0.228 e. The average Bonchev–Trinajstić information content (AvgIpc) is 1.51. The summed E-state index contributed by atoms with van der Waals surface area (Å²) >= 11 is 0. The minimum absolute atomic E-state index is 0.556. The van der Waals surface area contributed by atoms with Crippen molar-refractivity contribution in [3.8, 4) is 157 Å². The van der Waals surface area contributed by atoms with Crippen molar-refractivity contribution in [1.82, 2.24) is 29.9 Å². The molecule has 18 aromatic rings. The van der Waals surface area contributed by atoms with E-state index in [4.69, 9.17) is 29.9 Å². The van der Waals surface area contributed by atoms with Gasteiger partial charge >= 0.3 is 0 Å². The monoisotopic (exact) mass is 1370 g/mol. The Balaban J connectivity index is 0.791. The highest BCUT2D eigenvalue weighted by Crippen LogP contribution is 2.65. The average molecular weight is 1370 g/mol. The molecule has 0 amide bonds. The van der Waals surface area contributed by atoms with E-state index in [1.807, 2.05) is 24.3 Å². The van der Waals surface area contributed by atoms with Crippen molar-refractivity contribution >= 4 is 10.9 Å². The lowest BCUT2D eigenvalue weighted by molar-refractivity contribution is 0.794. The van der Waals surface area contributed by atoms with Crippen molar-refractivity contribution < 1.29 is 0 Å². The van der Waals surface area contributed by atoms with E-state index < -0.39 is 10.8 Å². The van der Waals surface area contributed by atoms with E-state index in [1.165, 1.54) is 89.0 Å². The van der Waals surface area contributed by atoms with Crippen LogP contribution in [0.15, 0.2) is 376 Å². The van der Waals surface area contributed by atoms with Gasteiger partial charge in [-0.1, -0.05) is 340 Å². The van der Waals surface area contributed by atoms with E-state index in [1.54, 1.807) is 0 Å². The first-order valence-corrected chi connectivity index (χ1v) is 37.0. The molecule has 0 saturated heterocycles. The first-order chi connectivity index (χ1) is 53.5. The highest BCUT2D eigenvalue weighted by atomic mass is 14.9. The fraction of sp³-hybridized carbons (Fsp3) is 0.0196. The molecule has 15 aromatic carbocycles. The number of benzene rings is 15. The van der Waals surface area contributed by atoms with Crippen LogP contribution in [0.3, 0.4) is 0 Å². The normalized spacial score (nSPS) is 13.1. The van der Waals surface area contributed by atoms with Crippen LogP contribution in [0.4, 0.5) is 0 Å². The summed E-state index contributed by atoms with van der Waals surface area (Å²) in [6.45, 7) is 0. The molecule has 0 N–H and O–H groups in total. The smallest absolute Gasteiger partial charge is 0.160 e. The van der Waals surface area contributed by atoms with Crippen molar-refractivity contribution in [3.05, 3.63) is 421 Å². The topological polar surface area (TPSA) is 77.3 Å². The van der Waals surface area contributed by atoms with Crippen LogP contribution in [-0.4, -0.2) is 29.9 Å². The lowest BCUT2D eigenvalue weighted by atomic mass is 9.70. The lowest BCUT2D eigenvalue weighted by Gasteiger charge is -2.31. The van der Waals surface area contributed by atoms with Crippen molar-refractivity contribution in [2.45, 2.75) is 10.8 Å². The summed E-state index contributed by atoms with van der Waals surface area (Å²) < 4.78 is 0. The Kier molecular flexibility index (Phi) is 13.7. The van der Waals surface area contributed by atoms with Crippen LogP contribution < -0.4 is 0 Å². The number of hydrogen-bond acceptors (Lipinski definition) is 6. The van der Waals surface area contributed by atoms with Crippen LogP contribution in [0.25, 0.3) is 168 Å². The molecule has 3 heterocycles. The maximum absolute atomic E-state index is 5.92. The number of nitrogens with zero attached hydrogens (tertiary/aromatic N) is 6. The van der Waals surface area contributed by atoms with Gasteiger partial charge in [0.05, 0.1) is 44.8 Å². The molecule has 22 rings (SSSR count). The van der Waals surface area contributed by atoms with Gasteiger partial charge in [-0.05, 0) is 142 Å². The van der Waals surface area contributed by atoms with E-state index in [0.29, 0.717) is 17.5 Å². The lowest BCUT2D eigenvalue weighted by Crippen LogP contribution is -2.25. The molecule has 3 aromatic heterocycles. The van der Waals surface area contributed by atoms with Crippen LogP contribution >= 0.6 is 0 Å². The van der Waals surface area contributed by atoms with Gasteiger partial charge in [0, 0.05) is 55.5 Å². The number of rotatable bonds is 10. The SMILES string of the molecule is c1ccc(-c2cc(-c3ccccc3)nc(-c3ccc(-c4nc(-c5ccc(-c6nc(-c7ccccc7)cc(-c7ccccc7)n6)cc5)c5cc(-c6ccc7c(c6)C6(c8ccccc8-c8ccccc86)c6ccccc6-7)cc(-c6ccc7c(c6)C6(c8ccccc8-c8ccccc86)c6ccccc6-7)c5n4)cc3)n2)cc1. The van der Waals surface area contributed by atoms with Gasteiger partial charge in [-0.2, -0.15) is 0 Å². The molecule has 6 heteroatoms. The molecule has 4 aliphatic rings. The van der Waals surface area contributed by atoms with Gasteiger partial charge in [-0.3, -0.25) is 0 Å². The third-order valence-corrected chi connectivity index (χ3v) is 23.0. The van der Waals surface area contributed by atoms with E-state index in [0.717, 1.165) is 106 Å². The summed E-state index contributed by atoms with van der Waals surface area (Å²) in [5.41, 5.74) is 35.9. The first kappa shape index (κ1) is 61.3. The van der Waals surface area contributed by atoms with Gasteiger partial charge in [0.15, 0.2) is 17.5 Å². The summed E-state index contributed by atoms with van der Waals surface area (Å²) in [4.78, 5) is 32.9. The Morgan fingerprint density at radius 2 is 0.435 bits per heavy atom. The van der Waals surface area contributed by atoms with Crippen molar-refractivity contribution in [2.24, 2.45) is 0 Å². The zero-order valence-electron chi connectivity index (χ0n) is 58.5. The van der Waals surface area contributed by atoms with Gasteiger partial charge in [0.2, 0.25) is 0 Å². The summed E-state index contributed by atoms with van der Waals surface area (Å²) in [5.74, 6) is 1.83. The number of aromatic nitrogens is 6. The number of hydrogen-bond donors (Lipinski definition) is 0. The fourth-order valence-corrected chi connectivity index (χ4v) is 18.2. The zero-order valence-corrected chi connectivity index (χ0v) is 58.5. The molecule has 2 spiro atoms. The van der Waals surface area contributed by atoms with Crippen LogP contribution in [0.1, 0.15) is 44.5 Å². The predicted octanol–water partition coefficient (Wildman–Crippen LogP) is 24.6. The molecular weight excluding hydrogens is 1310 g/mol. The Morgan fingerprint density at radius 1 is 0.157 bits per heavy atom. The van der Waals surface area contributed by atoms with E-state index in [-0.39, 0.29) is 0 Å². The van der Waals surface area contributed by atoms with Crippen molar-refractivity contribution in [3.63, 3.8) is 0 Å². The summed E-state index contributed by atoms with van der Waals surface area (Å²) in [6.07, 6.45) is 0. The molecule has 0 aliphatic heterocycles.